The van der Waals surface area contributed by atoms with Gasteiger partial charge in [-0.3, -0.25) is 0 Å². The molecule has 3 rings (SSSR count). The normalized spacial score (nSPS) is 10.7. The van der Waals surface area contributed by atoms with Crippen molar-refractivity contribution in [2.24, 2.45) is 0 Å². The summed E-state index contributed by atoms with van der Waals surface area (Å²) in [6.07, 6.45) is 13.0. The second-order valence-electron chi connectivity index (χ2n) is 9.19. The quantitative estimate of drug-likeness (QED) is 0.108. The molecule has 0 radical (unpaired) electrons. The van der Waals surface area contributed by atoms with Crippen molar-refractivity contribution >= 4 is 5.97 Å². The Hall–Kier alpha value is -3.27. The fourth-order valence-electron chi connectivity index (χ4n) is 4.00. The Bertz CT molecular complexity index is 998. The molecule has 3 aromatic carbocycles. The van der Waals surface area contributed by atoms with Crippen molar-refractivity contribution < 1.29 is 19.0 Å². The molecule has 0 saturated carbocycles. The second-order valence-corrected chi connectivity index (χ2v) is 9.19. The molecule has 0 fully saturated rings. The van der Waals surface area contributed by atoms with E-state index in [9.17, 15) is 4.79 Å². The third-order valence-corrected chi connectivity index (χ3v) is 6.12. The third kappa shape index (κ3) is 10.6. The molecule has 4 heteroatoms. The zero-order chi connectivity index (χ0) is 25.3. The van der Waals surface area contributed by atoms with Crippen LogP contribution in [0.4, 0.5) is 0 Å². The lowest BCUT2D eigenvalue weighted by Gasteiger charge is -2.10. The average Bonchev–Trinajstić information content (AvgIpc) is 2.91. The van der Waals surface area contributed by atoms with Crippen molar-refractivity contribution in [1.29, 1.82) is 0 Å². The molecule has 0 aliphatic carbocycles. The third-order valence-electron chi connectivity index (χ3n) is 6.12. The van der Waals surface area contributed by atoms with E-state index in [4.69, 9.17) is 14.2 Å². The Morgan fingerprint density at radius 3 is 1.94 bits per heavy atom. The van der Waals surface area contributed by atoms with E-state index < -0.39 is 5.97 Å². The highest BCUT2D eigenvalue weighted by Gasteiger charge is 2.10. The summed E-state index contributed by atoms with van der Waals surface area (Å²) in [7, 11) is 0. The minimum atomic E-state index is -0.406. The highest BCUT2D eigenvalue weighted by atomic mass is 16.5. The predicted molar refractivity (Wildman–Crippen MR) is 146 cm³/mol. The number of carbonyl (C=O) groups is 1. The van der Waals surface area contributed by atoms with E-state index in [0.717, 1.165) is 17.7 Å². The number of unbranched alkanes of at least 4 members (excludes halogenated alkanes) is 9. The standard InChI is InChI=1S/C32H40O4/c1-2-3-4-5-6-7-8-9-10-14-24-34-30-18-15-19-31(25-30)36-32(33)28-20-22-29(23-21-28)35-26-27-16-12-11-13-17-27/h11-13,15-23,25H,2-10,14,24,26H2,1H3. The predicted octanol–water partition coefficient (Wildman–Crippen LogP) is 8.78. The topological polar surface area (TPSA) is 44.8 Å². The van der Waals surface area contributed by atoms with Gasteiger partial charge in [0.25, 0.3) is 0 Å². The van der Waals surface area contributed by atoms with Crippen LogP contribution in [0.15, 0.2) is 78.9 Å². The average molecular weight is 489 g/mol. The molecule has 0 heterocycles. The molecule has 36 heavy (non-hydrogen) atoms. The number of hydrogen-bond donors (Lipinski definition) is 0. The number of rotatable bonds is 17. The van der Waals surface area contributed by atoms with E-state index in [0.29, 0.717) is 30.3 Å². The molecular formula is C32H40O4. The van der Waals surface area contributed by atoms with Crippen molar-refractivity contribution in [3.63, 3.8) is 0 Å². The van der Waals surface area contributed by atoms with Gasteiger partial charge in [0, 0.05) is 6.07 Å². The molecule has 0 spiro atoms. The van der Waals surface area contributed by atoms with Crippen LogP contribution < -0.4 is 14.2 Å². The Balaban J connectivity index is 1.33. The molecule has 0 aromatic heterocycles. The smallest absolute Gasteiger partial charge is 0.343 e. The van der Waals surface area contributed by atoms with Crippen LogP contribution in [0.3, 0.4) is 0 Å². The molecule has 0 atom stereocenters. The summed E-state index contributed by atoms with van der Waals surface area (Å²) >= 11 is 0. The van der Waals surface area contributed by atoms with Gasteiger partial charge < -0.3 is 14.2 Å². The largest absolute Gasteiger partial charge is 0.493 e. The SMILES string of the molecule is CCCCCCCCCCCCOc1cccc(OC(=O)c2ccc(OCc3ccccc3)cc2)c1. The molecule has 0 bridgehead atoms. The Morgan fingerprint density at radius 2 is 1.25 bits per heavy atom. The molecule has 0 N–H and O–H groups in total. The molecule has 0 saturated heterocycles. The Morgan fingerprint density at radius 1 is 0.611 bits per heavy atom. The van der Waals surface area contributed by atoms with E-state index in [2.05, 4.69) is 6.92 Å². The van der Waals surface area contributed by atoms with E-state index in [1.165, 1.54) is 57.8 Å². The number of carbonyl (C=O) groups excluding carboxylic acids is 1. The van der Waals surface area contributed by atoms with Gasteiger partial charge in [-0.1, -0.05) is 101 Å². The maximum absolute atomic E-state index is 12.6. The van der Waals surface area contributed by atoms with Crippen LogP contribution in [0, 0.1) is 0 Å². The van der Waals surface area contributed by atoms with Crippen LogP contribution in [-0.4, -0.2) is 12.6 Å². The van der Waals surface area contributed by atoms with Gasteiger partial charge in [0.15, 0.2) is 0 Å². The monoisotopic (exact) mass is 488 g/mol. The van der Waals surface area contributed by atoms with Crippen molar-refractivity contribution in [3.8, 4) is 17.2 Å². The number of benzene rings is 3. The van der Waals surface area contributed by atoms with Gasteiger partial charge in [0.2, 0.25) is 0 Å². The highest BCUT2D eigenvalue weighted by molar-refractivity contribution is 5.91. The van der Waals surface area contributed by atoms with E-state index in [1.54, 1.807) is 36.4 Å². The first-order valence-electron chi connectivity index (χ1n) is 13.5. The molecule has 3 aromatic rings. The summed E-state index contributed by atoms with van der Waals surface area (Å²) in [6.45, 7) is 3.42. The van der Waals surface area contributed by atoms with Crippen LogP contribution >= 0.6 is 0 Å². The van der Waals surface area contributed by atoms with Crippen LogP contribution in [-0.2, 0) is 6.61 Å². The zero-order valence-electron chi connectivity index (χ0n) is 21.6. The van der Waals surface area contributed by atoms with Crippen molar-refractivity contribution in [2.45, 2.75) is 77.7 Å². The van der Waals surface area contributed by atoms with Crippen LogP contribution in [0.1, 0.15) is 87.1 Å². The zero-order valence-corrected chi connectivity index (χ0v) is 21.6. The number of hydrogen-bond acceptors (Lipinski definition) is 4. The lowest BCUT2D eigenvalue weighted by molar-refractivity contribution is 0.0734. The lowest BCUT2D eigenvalue weighted by atomic mass is 10.1. The first-order chi connectivity index (χ1) is 17.7. The summed E-state index contributed by atoms with van der Waals surface area (Å²) in [5.74, 6) is 1.50. The van der Waals surface area contributed by atoms with Gasteiger partial charge >= 0.3 is 5.97 Å². The van der Waals surface area contributed by atoms with Crippen LogP contribution in [0.5, 0.6) is 17.2 Å². The van der Waals surface area contributed by atoms with E-state index >= 15 is 0 Å². The first kappa shape index (κ1) is 27.3. The van der Waals surface area contributed by atoms with Crippen molar-refractivity contribution in [2.75, 3.05) is 6.61 Å². The van der Waals surface area contributed by atoms with Gasteiger partial charge in [-0.2, -0.15) is 0 Å². The van der Waals surface area contributed by atoms with Crippen LogP contribution in [0.25, 0.3) is 0 Å². The first-order valence-corrected chi connectivity index (χ1v) is 13.5. The van der Waals surface area contributed by atoms with Gasteiger partial charge in [-0.05, 0) is 48.4 Å². The molecule has 4 nitrogen and oxygen atoms in total. The van der Waals surface area contributed by atoms with E-state index in [-0.39, 0.29) is 0 Å². The maximum atomic E-state index is 12.6. The van der Waals surface area contributed by atoms with Gasteiger partial charge in [0.1, 0.15) is 23.9 Å². The minimum Gasteiger partial charge on any atom is -0.493 e. The molecular weight excluding hydrogens is 448 g/mol. The number of ether oxygens (including phenoxy) is 3. The van der Waals surface area contributed by atoms with Gasteiger partial charge in [0.05, 0.1) is 12.2 Å². The fraction of sp³-hybridized carbons (Fsp3) is 0.406. The molecule has 0 amide bonds. The van der Waals surface area contributed by atoms with Crippen molar-refractivity contribution in [3.05, 3.63) is 90.0 Å². The summed E-state index contributed by atoms with van der Waals surface area (Å²) < 4.78 is 17.2. The molecule has 0 unspecified atom stereocenters. The molecule has 0 aliphatic heterocycles. The minimum absolute atomic E-state index is 0.406. The molecule has 0 aliphatic rings. The second kappa shape index (κ2) is 16.4. The summed E-state index contributed by atoms with van der Waals surface area (Å²) in [4.78, 5) is 12.6. The highest BCUT2D eigenvalue weighted by Crippen LogP contribution is 2.22. The Kier molecular flexibility index (Phi) is 12.5. The summed E-state index contributed by atoms with van der Waals surface area (Å²) in [6, 6.07) is 24.2. The summed E-state index contributed by atoms with van der Waals surface area (Å²) in [5.41, 5.74) is 1.56. The Labute approximate surface area is 216 Å². The maximum Gasteiger partial charge on any atom is 0.343 e. The van der Waals surface area contributed by atoms with Crippen molar-refractivity contribution in [1.82, 2.24) is 0 Å². The molecule has 192 valence electrons. The van der Waals surface area contributed by atoms with Crippen LogP contribution in [0.2, 0.25) is 0 Å². The van der Waals surface area contributed by atoms with Gasteiger partial charge in [-0.15, -0.1) is 0 Å². The van der Waals surface area contributed by atoms with E-state index in [1.807, 2.05) is 42.5 Å². The number of esters is 1. The fourth-order valence-corrected chi connectivity index (χ4v) is 4.00. The lowest BCUT2D eigenvalue weighted by Crippen LogP contribution is -2.08. The summed E-state index contributed by atoms with van der Waals surface area (Å²) in [5, 5.41) is 0. The van der Waals surface area contributed by atoms with Gasteiger partial charge in [-0.25, -0.2) is 4.79 Å².